The molecule has 0 aromatic heterocycles. The van der Waals surface area contributed by atoms with Crippen molar-refractivity contribution in [2.24, 2.45) is 5.41 Å². The molecule has 2 unspecified atom stereocenters. The van der Waals surface area contributed by atoms with Crippen LogP contribution in [0, 0.1) is 5.41 Å². The molecule has 1 saturated heterocycles. The van der Waals surface area contributed by atoms with Crippen LogP contribution in [0.2, 0.25) is 0 Å². The normalized spacial score (nSPS) is 24.5. The number of hydrogen-bond acceptors (Lipinski definition) is 3. The molecule has 2 N–H and O–H groups in total. The van der Waals surface area contributed by atoms with E-state index in [1.807, 2.05) is 18.7 Å². The largest absolute Gasteiger partial charge is 0.481 e. The zero-order chi connectivity index (χ0) is 15.9. The maximum atomic E-state index is 12.0. The smallest absolute Gasteiger partial charge is 0.310 e. The Kier molecular flexibility index (Phi) is 7.15. The number of nitrogens with zero attached hydrogens (tertiary/aromatic N) is 1. The van der Waals surface area contributed by atoms with Crippen molar-refractivity contribution < 1.29 is 14.7 Å². The Hall–Kier alpha value is -1.10. The maximum Gasteiger partial charge on any atom is 0.310 e. The summed E-state index contributed by atoms with van der Waals surface area (Å²) in [6.07, 6.45) is 5.14. The van der Waals surface area contributed by atoms with Crippen LogP contribution in [0.5, 0.6) is 0 Å². The number of likely N-dealkylation sites (tertiary alicyclic amines) is 1. The van der Waals surface area contributed by atoms with Gasteiger partial charge in [0.1, 0.15) is 0 Å². The summed E-state index contributed by atoms with van der Waals surface area (Å²) in [6, 6.07) is 0.187. The molecule has 0 saturated carbocycles. The van der Waals surface area contributed by atoms with Crippen LogP contribution in [0.4, 0.5) is 0 Å². The molecule has 21 heavy (non-hydrogen) atoms. The predicted octanol–water partition coefficient (Wildman–Crippen LogP) is 2.26. The zero-order valence-corrected chi connectivity index (χ0v) is 13.7. The highest BCUT2D eigenvalue weighted by Gasteiger charge is 2.41. The van der Waals surface area contributed by atoms with Crippen molar-refractivity contribution in [1.82, 2.24) is 10.2 Å². The van der Waals surface area contributed by atoms with Gasteiger partial charge in [0.15, 0.2) is 0 Å². The summed E-state index contributed by atoms with van der Waals surface area (Å²) in [5.41, 5.74) is -0.664. The third-order valence-corrected chi connectivity index (χ3v) is 4.33. The molecule has 0 spiro atoms. The van der Waals surface area contributed by atoms with Crippen LogP contribution in [0.15, 0.2) is 0 Å². The van der Waals surface area contributed by atoms with Gasteiger partial charge in [0.2, 0.25) is 5.91 Å². The molecule has 0 radical (unpaired) electrons. The van der Waals surface area contributed by atoms with Crippen molar-refractivity contribution in [1.29, 1.82) is 0 Å². The zero-order valence-electron chi connectivity index (χ0n) is 13.7. The quantitative estimate of drug-likeness (QED) is 0.721. The molecular formula is C16H30N2O3. The molecule has 2 atom stereocenters. The van der Waals surface area contributed by atoms with Crippen molar-refractivity contribution >= 4 is 11.9 Å². The molecule has 1 amide bonds. The molecule has 0 aromatic carbocycles. The van der Waals surface area contributed by atoms with E-state index in [9.17, 15) is 14.7 Å². The van der Waals surface area contributed by atoms with Gasteiger partial charge in [-0.25, -0.2) is 0 Å². The highest BCUT2D eigenvalue weighted by atomic mass is 16.4. The summed E-state index contributed by atoms with van der Waals surface area (Å²) in [5.74, 6) is -0.706. The van der Waals surface area contributed by atoms with Gasteiger partial charge in [0.25, 0.3) is 0 Å². The van der Waals surface area contributed by atoms with Gasteiger partial charge in [0, 0.05) is 12.6 Å². The summed E-state index contributed by atoms with van der Waals surface area (Å²) in [5, 5.41) is 12.5. The summed E-state index contributed by atoms with van der Waals surface area (Å²) >= 11 is 0. The molecule has 122 valence electrons. The minimum Gasteiger partial charge on any atom is -0.481 e. The summed E-state index contributed by atoms with van der Waals surface area (Å²) < 4.78 is 0. The van der Waals surface area contributed by atoms with E-state index in [0.29, 0.717) is 19.5 Å². The Morgan fingerprint density at radius 1 is 1.33 bits per heavy atom. The second kappa shape index (κ2) is 8.37. The van der Waals surface area contributed by atoms with Crippen LogP contribution in [0.1, 0.15) is 59.3 Å². The number of hydrogen-bond donors (Lipinski definition) is 2. The van der Waals surface area contributed by atoms with E-state index in [2.05, 4.69) is 12.2 Å². The molecule has 0 aromatic rings. The maximum absolute atomic E-state index is 12.0. The first-order valence-electron chi connectivity index (χ1n) is 8.18. The number of amides is 1. The van der Waals surface area contributed by atoms with Gasteiger partial charge in [-0.05, 0) is 39.2 Å². The Morgan fingerprint density at radius 2 is 2.05 bits per heavy atom. The van der Waals surface area contributed by atoms with Gasteiger partial charge in [-0.1, -0.05) is 26.7 Å². The number of carboxylic acid groups (broad SMARTS) is 1. The molecule has 1 heterocycles. The topological polar surface area (TPSA) is 69.6 Å². The van der Waals surface area contributed by atoms with Gasteiger partial charge in [-0.15, -0.1) is 0 Å². The van der Waals surface area contributed by atoms with Gasteiger partial charge in [-0.2, -0.15) is 0 Å². The van der Waals surface area contributed by atoms with Crippen molar-refractivity contribution in [3.63, 3.8) is 0 Å². The molecule has 5 nitrogen and oxygen atoms in total. The second-order valence-corrected chi connectivity index (χ2v) is 6.41. The lowest BCUT2D eigenvalue weighted by Gasteiger charge is -2.39. The SMILES string of the molecule is CCCC(C)NC(=O)CN1CCCC(CCC)(C(=O)O)C1. The van der Waals surface area contributed by atoms with Crippen LogP contribution in [0.3, 0.4) is 0 Å². The van der Waals surface area contributed by atoms with Gasteiger partial charge in [0.05, 0.1) is 12.0 Å². The Labute approximate surface area is 128 Å². The minimum absolute atomic E-state index is 0.00800. The lowest BCUT2D eigenvalue weighted by atomic mass is 9.76. The van der Waals surface area contributed by atoms with Crippen molar-refractivity contribution in [3.05, 3.63) is 0 Å². The number of piperidine rings is 1. The summed E-state index contributed by atoms with van der Waals surface area (Å²) in [7, 11) is 0. The highest BCUT2D eigenvalue weighted by molar-refractivity contribution is 5.79. The van der Waals surface area contributed by atoms with E-state index in [0.717, 1.165) is 38.6 Å². The number of carboxylic acids is 1. The molecule has 1 aliphatic heterocycles. The van der Waals surface area contributed by atoms with Crippen LogP contribution in [-0.2, 0) is 9.59 Å². The number of carbonyl (C=O) groups excluding carboxylic acids is 1. The van der Waals surface area contributed by atoms with Crippen molar-refractivity contribution in [2.75, 3.05) is 19.6 Å². The molecular weight excluding hydrogens is 268 g/mol. The second-order valence-electron chi connectivity index (χ2n) is 6.41. The van der Waals surface area contributed by atoms with Gasteiger partial charge in [-0.3, -0.25) is 14.5 Å². The fraction of sp³-hybridized carbons (Fsp3) is 0.875. The minimum atomic E-state index is -0.714. The van der Waals surface area contributed by atoms with Crippen LogP contribution in [-0.4, -0.2) is 47.6 Å². The predicted molar refractivity (Wildman–Crippen MR) is 83.2 cm³/mol. The van der Waals surface area contributed by atoms with Crippen LogP contribution >= 0.6 is 0 Å². The highest BCUT2D eigenvalue weighted by Crippen LogP contribution is 2.34. The lowest BCUT2D eigenvalue weighted by molar-refractivity contribution is -0.154. The molecule has 1 aliphatic rings. The Bertz CT molecular complexity index is 355. The third kappa shape index (κ3) is 5.30. The monoisotopic (exact) mass is 298 g/mol. The average Bonchev–Trinajstić information content (AvgIpc) is 2.39. The summed E-state index contributed by atoms with van der Waals surface area (Å²) in [6.45, 7) is 7.74. The van der Waals surface area contributed by atoms with E-state index in [4.69, 9.17) is 0 Å². The van der Waals surface area contributed by atoms with Gasteiger partial charge >= 0.3 is 5.97 Å². The fourth-order valence-electron chi connectivity index (χ4n) is 3.36. The molecule has 0 aliphatic carbocycles. The number of nitrogens with one attached hydrogen (secondary N) is 1. The standard InChI is InChI=1S/C16H30N2O3/c1-4-7-13(3)17-14(19)11-18-10-6-9-16(12-18,8-5-2)15(20)21/h13H,4-12H2,1-3H3,(H,17,19)(H,20,21). The average molecular weight is 298 g/mol. The molecule has 1 rings (SSSR count). The number of carbonyl (C=O) groups is 2. The Morgan fingerprint density at radius 3 is 2.62 bits per heavy atom. The van der Waals surface area contributed by atoms with Crippen molar-refractivity contribution in [3.8, 4) is 0 Å². The van der Waals surface area contributed by atoms with Crippen LogP contribution < -0.4 is 5.32 Å². The van der Waals surface area contributed by atoms with E-state index in [1.165, 1.54) is 0 Å². The summed E-state index contributed by atoms with van der Waals surface area (Å²) in [4.78, 5) is 25.7. The van der Waals surface area contributed by atoms with E-state index in [-0.39, 0.29) is 11.9 Å². The molecule has 1 fully saturated rings. The van der Waals surface area contributed by atoms with Gasteiger partial charge < -0.3 is 10.4 Å². The van der Waals surface area contributed by atoms with Crippen LogP contribution in [0.25, 0.3) is 0 Å². The first kappa shape index (κ1) is 18.0. The lowest BCUT2D eigenvalue weighted by Crippen LogP contribution is -2.51. The van der Waals surface area contributed by atoms with E-state index >= 15 is 0 Å². The van der Waals surface area contributed by atoms with Crippen molar-refractivity contribution in [2.45, 2.75) is 65.3 Å². The first-order valence-corrected chi connectivity index (χ1v) is 8.18. The number of aliphatic carboxylic acids is 1. The molecule has 0 bridgehead atoms. The third-order valence-electron chi connectivity index (χ3n) is 4.33. The number of rotatable bonds is 8. The van der Waals surface area contributed by atoms with E-state index in [1.54, 1.807) is 0 Å². The van der Waals surface area contributed by atoms with E-state index < -0.39 is 11.4 Å². The molecule has 5 heteroatoms. The Balaban J connectivity index is 2.55. The first-order chi connectivity index (χ1) is 9.93. The fourth-order valence-corrected chi connectivity index (χ4v) is 3.36.